The first-order valence-corrected chi connectivity index (χ1v) is 13.0. The molecule has 0 unspecified atom stereocenters. The maximum atomic E-state index is 13.1. The first-order chi connectivity index (χ1) is 17.6. The molecule has 2 aromatic heterocycles. The molecule has 6 rings (SSSR count). The summed E-state index contributed by atoms with van der Waals surface area (Å²) in [4.78, 5) is 35.9. The highest BCUT2D eigenvalue weighted by Crippen LogP contribution is 2.36. The molecule has 0 aliphatic heterocycles. The molecule has 1 aliphatic carbocycles. The number of aromatic nitrogens is 2. The van der Waals surface area contributed by atoms with Crippen molar-refractivity contribution in [3.8, 4) is 22.9 Å². The molecule has 2 heterocycles. The summed E-state index contributed by atoms with van der Waals surface area (Å²) in [6.45, 7) is 2.26. The first kappa shape index (κ1) is 22.5. The minimum absolute atomic E-state index is 0.112. The van der Waals surface area contributed by atoms with E-state index in [0.717, 1.165) is 52.2 Å². The van der Waals surface area contributed by atoms with E-state index in [2.05, 4.69) is 4.98 Å². The van der Waals surface area contributed by atoms with Crippen LogP contribution in [0.4, 0.5) is 0 Å². The third-order valence-corrected chi connectivity index (χ3v) is 7.74. The molecule has 180 valence electrons. The summed E-state index contributed by atoms with van der Waals surface area (Å²) in [5.74, 6) is 0.738. The number of carbonyl (C=O) groups excluding carboxylic acids is 1. The lowest BCUT2D eigenvalue weighted by Crippen LogP contribution is -2.12. The van der Waals surface area contributed by atoms with E-state index in [4.69, 9.17) is 14.5 Å². The van der Waals surface area contributed by atoms with Crippen LogP contribution in [0.3, 0.4) is 0 Å². The Hall–Kier alpha value is -3.97. The van der Waals surface area contributed by atoms with Gasteiger partial charge >= 0.3 is 5.97 Å². The number of aryl methyl sites for hydroxylation is 2. The minimum atomic E-state index is -0.461. The van der Waals surface area contributed by atoms with E-state index >= 15 is 0 Å². The standard InChI is InChI=1S/C29H24N2O4S/c1-2-34-23-16-18(26-30-27(32)25-21-11-5-6-13-24(21)36-28(25)31-26)14-15-22(23)35-29(33)20-12-7-9-17-8-3-4-10-19(17)20/h3-4,7-10,12,14-16H,2,5-6,11,13H2,1H3,(H,30,31,32). The lowest BCUT2D eigenvalue weighted by Gasteiger charge is -2.13. The van der Waals surface area contributed by atoms with Crippen molar-refractivity contribution >= 4 is 38.3 Å². The van der Waals surface area contributed by atoms with Gasteiger partial charge in [0.1, 0.15) is 10.7 Å². The Bertz CT molecular complexity index is 1680. The van der Waals surface area contributed by atoms with Gasteiger partial charge in [-0.05, 0) is 73.2 Å². The number of carbonyl (C=O) groups is 1. The quantitative estimate of drug-likeness (QED) is 0.228. The van der Waals surface area contributed by atoms with Gasteiger partial charge in [0.15, 0.2) is 11.5 Å². The Morgan fingerprint density at radius 2 is 1.86 bits per heavy atom. The normalized spacial score (nSPS) is 13.0. The summed E-state index contributed by atoms with van der Waals surface area (Å²) in [5.41, 5.74) is 2.22. The van der Waals surface area contributed by atoms with Crippen LogP contribution >= 0.6 is 11.3 Å². The summed E-state index contributed by atoms with van der Waals surface area (Å²) in [6.07, 6.45) is 4.21. The summed E-state index contributed by atoms with van der Waals surface area (Å²) in [5, 5.41) is 2.52. The van der Waals surface area contributed by atoms with E-state index in [-0.39, 0.29) is 5.56 Å². The third kappa shape index (κ3) is 3.95. The van der Waals surface area contributed by atoms with Crippen LogP contribution in [0.2, 0.25) is 0 Å². The molecular formula is C29H24N2O4S. The molecule has 6 nitrogen and oxygen atoms in total. The van der Waals surface area contributed by atoms with E-state index < -0.39 is 5.97 Å². The third-order valence-electron chi connectivity index (χ3n) is 6.55. The van der Waals surface area contributed by atoms with Gasteiger partial charge in [0.05, 0.1) is 17.6 Å². The predicted octanol–water partition coefficient (Wildman–Crippen LogP) is 6.30. The molecule has 7 heteroatoms. The lowest BCUT2D eigenvalue weighted by atomic mass is 9.97. The number of aromatic amines is 1. The highest BCUT2D eigenvalue weighted by Gasteiger charge is 2.21. The van der Waals surface area contributed by atoms with Crippen molar-refractivity contribution in [2.75, 3.05) is 6.61 Å². The first-order valence-electron chi connectivity index (χ1n) is 12.1. The lowest BCUT2D eigenvalue weighted by molar-refractivity contribution is 0.0730. The van der Waals surface area contributed by atoms with Crippen molar-refractivity contribution < 1.29 is 14.3 Å². The van der Waals surface area contributed by atoms with E-state index in [1.807, 2.05) is 43.3 Å². The van der Waals surface area contributed by atoms with Crippen molar-refractivity contribution in [3.63, 3.8) is 0 Å². The second-order valence-electron chi connectivity index (χ2n) is 8.82. The average Bonchev–Trinajstić information content (AvgIpc) is 3.28. The summed E-state index contributed by atoms with van der Waals surface area (Å²) in [6, 6.07) is 18.5. The van der Waals surface area contributed by atoms with Crippen LogP contribution in [0.15, 0.2) is 65.5 Å². The molecular weight excluding hydrogens is 472 g/mol. The van der Waals surface area contributed by atoms with Crippen LogP contribution in [-0.2, 0) is 12.8 Å². The molecule has 0 radical (unpaired) electrons. The van der Waals surface area contributed by atoms with Crippen molar-refractivity contribution in [3.05, 3.63) is 87.0 Å². The second kappa shape index (κ2) is 9.24. The van der Waals surface area contributed by atoms with Crippen LogP contribution in [0.5, 0.6) is 11.5 Å². The summed E-state index contributed by atoms with van der Waals surface area (Å²) < 4.78 is 11.6. The number of nitrogens with zero attached hydrogens (tertiary/aromatic N) is 1. The van der Waals surface area contributed by atoms with Crippen LogP contribution in [-0.4, -0.2) is 22.5 Å². The van der Waals surface area contributed by atoms with Gasteiger partial charge in [0.25, 0.3) is 5.56 Å². The minimum Gasteiger partial charge on any atom is -0.490 e. The molecule has 1 N–H and O–H groups in total. The molecule has 0 saturated carbocycles. The molecule has 0 spiro atoms. The molecule has 1 aliphatic rings. The number of benzene rings is 3. The maximum absolute atomic E-state index is 13.1. The Balaban J connectivity index is 1.36. The van der Waals surface area contributed by atoms with Crippen LogP contribution in [0, 0.1) is 0 Å². The van der Waals surface area contributed by atoms with Crippen molar-refractivity contribution in [2.45, 2.75) is 32.6 Å². The molecule has 36 heavy (non-hydrogen) atoms. The Morgan fingerprint density at radius 1 is 1.03 bits per heavy atom. The Morgan fingerprint density at radius 3 is 2.75 bits per heavy atom. The predicted molar refractivity (Wildman–Crippen MR) is 142 cm³/mol. The number of H-pyrrole nitrogens is 1. The van der Waals surface area contributed by atoms with Crippen LogP contribution in [0.1, 0.15) is 40.6 Å². The Labute approximate surface area is 211 Å². The Kier molecular flexibility index (Phi) is 5.77. The number of hydrogen-bond acceptors (Lipinski definition) is 6. The van der Waals surface area contributed by atoms with Gasteiger partial charge in [-0.3, -0.25) is 4.79 Å². The topological polar surface area (TPSA) is 81.3 Å². The van der Waals surface area contributed by atoms with Crippen molar-refractivity contribution in [1.82, 2.24) is 9.97 Å². The second-order valence-corrected chi connectivity index (χ2v) is 9.90. The summed E-state index contributed by atoms with van der Waals surface area (Å²) >= 11 is 1.62. The largest absolute Gasteiger partial charge is 0.490 e. The SMILES string of the molecule is CCOc1cc(-c2nc3sc4c(c3c(=O)[nH]2)CCCC4)ccc1OC(=O)c1cccc2ccccc12. The van der Waals surface area contributed by atoms with Gasteiger partial charge in [-0.15, -0.1) is 11.3 Å². The number of nitrogens with one attached hydrogen (secondary N) is 1. The molecule has 3 aromatic carbocycles. The van der Waals surface area contributed by atoms with Gasteiger partial charge in [0.2, 0.25) is 0 Å². The molecule has 5 aromatic rings. The highest BCUT2D eigenvalue weighted by molar-refractivity contribution is 7.18. The number of esters is 1. The van der Waals surface area contributed by atoms with Crippen molar-refractivity contribution in [2.24, 2.45) is 0 Å². The van der Waals surface area contributed by atoms with Gasteiger partial charge in [-0.2, -0.15) is 0 Å². The zero-order valence-corrected chi connectivity index (χ0v) is 20.6. The number of ether oxygens (including phenoxy) is 2. The number of hydrogen-bond donors (Lipinski definition) is 1. The zero-order valence-electron chi connectivity index (χ0n) is 19.8. The highest BCUT2D eigenvalue weighted by atomic mass is 32.1. The molecule has 0 bridgehead atoms. The molecule has 0 saturated heterocycles. The fourth-order valence-electron chi connectivity index (χ4n) is 4.87. The number of rotatable bonds is 5. The van der Waals surface area contributed by atoms with Gasteiger partial charge < -0.3 is 14.5 Å². The number of thiophene rings is 1. The fraction of sp³-hybridized carbons (Fsp3) is 0.207. The number of fused-ring (bicyclic) bond motifs is 4. The monoisotopic (exact) mass is 496 g/mol. The van der Waals surface area contributed by atoms with Crippen LogP contribution < -0.4 is 15.0 Å². The van der Waals surface area contributed by atoms with E-state index in [1.165, 1.54) is 4.88 Å². The molecule has 0 atom stereocenters. The van der Waals surface area contributed by atoms with Crippen LogP contribution in [0.25, 0.3) is 32.4 Å². The van der Waals surface area contributed by atoms with Crippen molar-refractivity contribution in [1.29, 1.82) is 0 Å². The smallest absolute Gasteiger partial charge is 0.344 e. The zero-order chi connectivity index (χ0) is 24.6. The summed E-state index contributed by atoms with van der Waals surface area (Å²) in [7, 11) is 0. The van der Waals surface area contributed by atoms with E-state index in [9.17, 15) is 9.59 Å². The average molecular weight is 497 g/mol. The fourth-order valence-corrected chi connectivity index (χ4v) is 6.13. The maximum Gasteiger partial charge on any atom is 0.344 e. The van der Waals surface area contributed by atoms with Gasteiger partial charge in [0, 0.05) is 10.4 Å². The molecule has 0 amide bonds. The molecule has 0 fully saturated rings. The van der Waals surface area contributed by atoms with Gasteiger partial charge in [-0.25, -0.2) is 9.78 Å². The van der Waals surface area contributed by atoms with E-state index in [0.29, 0.717) is 35.1 Å². The van der Waals surface area contributed by atoms with Gasteiger partial charge in [-0.1, -0.05) is 36.4 Å². The van der Waals surface area contributed by atoms with E-state index in [1.54, 1.807) is 35.6 Å².